The number of nitrogens with one attached hydrogen (secondary N) is 1. The lowest BCUT2D eigenvalue weighted by atomic mass is 9.95. The molecule has 2 aliphatic rings. The Labute approximate surface area is 202 Å². The van der Waals surface area contributed by atoms with Crippen LogP contribution in [0.25, 0.3) is 0 Å². The highest BCUT2D eigenvalue weighted by Crippen LogP contribution is 2.40. The molecule has 7 nitrogen and oxygen atoms in total. The average molecular weight is 490 g/mol. The zero-order valence-corrected chi connectivity index (χ0v) is 19.6. The lowest BCUT2D eigenvalue weighted by molar-refractivity contribution is -0.0261. The number of carbonyl (C=O) groups excluding carboxylic acids is 2. The van der Waals surface area contributed by atoms with Gasteiger partial charge in [-0.2, -0.15) is 0 Å². The summed E-state index contributed by atoms with van der Waals surface area (Å²) in [7, 11) is 1.49. The maximum atomic E-state index is 14.7. The van der Waals surface area contributed by atoms with Crippen LogP contribution in [0.5, 0.6) is 11.5 Å². The highest BCUT2D eigenvalue weighted by molar-refractivity contribution is 5.98. The third kappa shape index (κ3) is 5.46. The first-order valence-corrected chi connectivity index (χ1v) is 11.7. The van der Waals surface area contributed by atoms with E-state index in [1.165, 1.54) is 19.2 Å². The summed E-state index contributed by atoms with van der Waals surface area (Å²) >= 11 is 0. The Morgan fingerprint density at radius 1 is 1.23 bits per heavy atom. The standard InChI is InChI=1S/C26H29F2NO6/c1-33-25-18-6-10-35-24(18)16(13-19(25)26(32)29-21-7-9-34-14-23(21)31)11-15-4-5-17(20(28)12-15)22(30)3-2-8-27/h4-5,12-13,21,23,31H,2-3,6-11,14H2,1H3,(H,29,32)/t21-,23-/m0/s1. The van der Waals surface area contributed by atoms with Crippen molar-refractivity contribution in [3.05, 3.63) is 57.9 Å². The largest absolute Gasteiger partial charge is 0.495 e. The summed E-state index contributed by atoms with van der Waals surface area (Å²) < 4.78 is 43.7. The molecule has 2 aromatic carbocycles. The van der Waals surface area contributed by atoms with Gasteiger partial charge in [0.15, 0.2) is 5.78 Å². The van der Waals surface area contributed by atoms with Crippen LogP contribution < -0.4 is 14.8 Å². The second-order valence-electron chi connectivity index (χ2n) is 8.74. The van der Waals surface area contributed by atoms with Gasteiger partial charge in [0.25, 0.3) is 5.91 Å². The van der Waals surface area contributed by atoms with Gasteiger partial charge in [0.2, 0.25) is 0 Å². The third-order valence-electron chi connectivity index (χ3n) is 6.36. The minimum atomic E-state index is -0.801. The number of halogens is 2. The molecule has 9 heteroatoms. The van der Waals surface area contributed by atoms with Gasteiger partial charge in [-0.3, -0.25) is 14.0 Å². The maximum absolute atomic E-state index is 14.7. The molecule has 1 saturated heterocycles. The Hall–Kier alpha value is -3.04. The smallest absolute Gasteiger partial charge is 0.255 e. The van der Waals surface area contributed by atoms with Gasteiger partial charge in [-0.15, -0.1) is 0 Å². The van der Waals surface area contributed by atoms with Gasteiger partial charge in [0, 0.05) is 31.4 Å². The summed E-state index contributed by atoms with van der Waals surface area (Å²) in [6.45, 7) is 0.402. The zero-order valence-electron chi connectivity index (χ0n) is 19.6. The first-order valence-electron chi connectivity index (χ1n) is 11.7. The summed E-state index contributed by atoms with van der Waals surface area (Å²) in [5.41, 5.74) is 2.30. The number of ether oxygens (including phenoxy) is 3. The van der Waals surface area contributed by atoms with E-state index in [0.29, 0.717) is 54.2 Å². The van der Waals surface area contributed by atoms with Crippen LogP contribution in [0.1, 0.15) is 56.7 Å². The first-order chi connectivity index (χ1) is 16.9. The molecule has 0 spiro atoms. The number of alkyl halides is 1. The van der Waals surface area contributed by atoms with Crippen molar-refractivity contribution >= 4 is 11.7 Å². The molecule has 2 aromatic rings. The molecule has 0 bridgehead atoms. The number of carbonyl (C=O) groups is 2. The van der Waals surface area contributed by atoms with Crippen molar-refractivity contribution in [2.75, 3.05) is 33.6 Å². The van der Waals surface area contributed by atoms with E-state index >= 15 is 0 Å². The van der Waals surface area contributed by atoms with Crippen LogP contribution in [-0.2, 0) is 17.6 Å². The molecule has 0 aromatic heterocycles. The highest BCUT2D eigenvalue weighted by atomic mass is 19.1. The van der Waals surface area contributed by atoms with Gasteiger partial charge in [-0.05, 0) is 42.2 Å². The lowest BCUT2D eigenvalue weighted by Gasteiger charge is -2.28. The number of amides is 1. The summed E-state index contributed by atoms with van der Waals surface area (Å²) in [6.07, 6.45) is 0.528. The van der Waals surface area contributed by atoms with Crippen LogP contribution in [-0.4, -0.2) is 62.5 Å². The Kier molecular flexibility index (Phi) is 7.97. The topological polar surface area (TPSA) is 94.1 Å². The Morgan fingerprint density at radius 2 is 2.06 bits per heavy atom. The van der Waals surface area contributed by atoms with Crippen LogP contribution in [0.15, 0.2) is 24.3 Å². The fourth-order valence-corrected chi connectivity index (χ4v) is 4.57. The van der Waals surface area contributed by atoms with Gasteiger partial charge in [0.1, 0.15) is 17.3 Å². The number of rotatable bonds is 9. The number of benzene rings is 2. The number of ketones is 1. The Bertz CT molecular complexity index is 1110. The number of aliphatic hydroxyl groups is 1. The minimum Gasteiger partial charge on any atom is -0.495 e. The molecular weight excluding hydrogens is 460 g/mol. The number of methoxy groups -OCH3 is 1. The molecule has 2 aliphatic heterocycles. The normalized spacial score (nSPS) is 19.1. The average Bonchev–Trinajstić information content (AvgIpc) is 3.34. The molecule has 2 atom stereocenters. The quantitative estimate of drug-likeness (QED) is 0.526. The SMILES string of the molecule is COc1c(C(=O)N[C@H]2CCOC[C@@H]2O)cc(Cc2ccc(C(=O)CCCF)c(F)c2)c2c1CCO2. The second kappa shape index (κ2) is 11.1. The van der Waals surface area contributed by atoms with E-state index < -0.39 is 30.4 Å². The van der Waals surface area contributed by atoms with Crippen LogP contribution in [0.3, 0.4) is 0 Å². The minimum absolute atomic E-state index is 0.0487. The van der Waals surface area contributed by atoms with Crippen molar-refractivity contribution in [1.29, 1.82) is 0 Å². The van der Waals surface area contributed by atoms with Gasteiger partial charge in [0.05, 0.1) is 50.3 Å². The van der Waals surface area contributed by atoms with E-state index in [2.05, 4.69) is 5.32 Å². The van der Waals surface area contributed by atoms with E-state index in [4.69, 9.17) is 14.2 Å². The van der Waals surface area contributed by atoms with E-state index in [0.717, 1.165) is 5.56 Å². The highest BCUT2D eigenvalue weighted by Gasteiger charge is 2.30. The van der Waals surface area contributed by atoms with Gasteiger partial charge < -0.3 is 24.6 Å². The van der Waals surface area contributed by atoms with E-state index in [1.54, 1.807) is 12.1 Å². The molecule has 1 fully saturated rings. The predicted molar refractivity (Wildman–Crippen MR) is 124 cm³/mol. The molecule has 1 amide bonds. The van der Waals surface area contributed by atoms with Crippen LogP contribution in [0, 0.1) is 5.82 Å². The molecule has 2 heterocycles. The Morgan fingerprint density at radius 3 is 2.77 bits per heavy atom. The predicted octanol–water partition coefficient (Wildman–Crippen LogP) is 3.17. The van der Waals surface area contributed by atoms with Crippen molar-refractivity contribution < 1.29 is 37.7 Å². The van der Waals surface area contributed by atoms with Crippen molar-refractivity contribution in [3.8, 4) is 11.5 Å². The second-order valence-corrected chi connectivity index (χ2v) is 8.74. The fraction of sp³-hybridized carbons (Fsp3) is 0.462. The van der Waals surface area contributed by atoms with Gasteiger partial charge in [-0.1, -0.05) is 6.07 Å². The van der Waals surface area contributed by atoms with Crippen molar-refractivity contribution in [2.45, 2.75) is 44.2 Å². The summed E-state index contributed by atoms with van der Waals surface area (Å²) in [6, 6.07) is 5.57. The van der Waals surface area contributed by atoms with Crippen molar-refractivity contribution in [1.82, 2.24) is 5.32 Å². The number of aliphatic hydroxyl groups excluding tert-OH is 1. The molecular formula is C26H29F2NO6. The molecule has 35 heavy (non-hydrogen) atoms. The number of hydrogen-bond donors (Lipinski definition) is 2. The number of hydrogen-bond acceptors (Lipinski definition) is 6. The molecule has 0 radical (unpaired) electrons. The molecule has 188 valence electrons. The van der Waals surface area contributed by atoms with Crippen LogP contribution in [0.4, 0.5) is 8.78 Å². The summed E-state index contributed by atoms with van der Waals surface area (Å²) in [4.78, 5) is 25.3. The third-order valence-corrected chi connectivity index (χ3v) is 6.36. The molecule has 0 aliphatic carbocycles. The molecule has 4 rings (SSSR count). The summed E-state index contributed by atoms with van der Waals surface area (Å²) in [5.74, 6) is -0.462. The fourth-order valence-electron chi connectivity index (χ4n) is 4.57. The molecule has 0 unspecified atom stereocenters. The van der Waals surface area contributed by atoms with E-state index in [9.17, 15) is 23.5 Å². The summed E-state index contributed by atoms with van der Waals surface area (Å²) in [5, 5.41) is 13.0. The molecule has 0 saturated carbocycles. The monoisotopic (exact) mass is 489 g/mol. The van der Waals surface area contributed by atoms with E-state index in [1.807, 2.05) is 0 Å². The number of Topliss-reactive ketones (excluding diaryl/α,β-unsaturated/α-hetero) is 1. The van der Waals surface area contributed by atoms with Gasteiger partial charge >= 0.3 is 0 Å². The zero-order chi connectivity index (χ0) is 24.9. The van der Waals surface area contributed by atoms with Gasteiger partial charge in [-0.25, -0.2) is 4.39 Å². The first kappa shape index (κ1) is 25.1. The molecule has 2 N–H and O–H groups in total. The van der Waals surface area contributed by atoms with Crippen molar-refractivity contribution in [2.24, 2.45) is 0 Å². The van der Waals surface area contributed by atoms with Crippen LogP contribution >= 0.6 is 0 Å². The Balaban J connectivity index is 1.62. The maximum Gasteiger partial charge on any atom is 0.255 e. The lowest BCUT2D eigenvalue weighted by Crippen LogP contribution is -2.48. The van der Waals surface area contributed by atoms with E-state index in [-0.39, 0.29) is 37.3 Å². The van der Waals surface area contributed by atoms with Crippen molar-refractivity contribution in [3.63, 3.8) is 0 Å². The van der Waals surface area contributed by atoms with Crippen LogP contribution in [0.2, 0.25) is 0 Å². The number of fused-ring (bicyclic) bond motifs is 1.